The van der Waals surface area contributed by atoms with Crippen molar-refractivity contribution in [1.29, 1.82) is 0 Å². The van der Waals surface area contributed by atoms with E-state index in [1.54, 1.807) is 0 Å². The van der Waals surface area contributed by atoms with E-state index < -0.39 is 5.54 Å². The van der Waals surface area contributed by atoms with Gasteiger partial charge in [0.1, 0.15) is 5.54 Å². The molecule has 2 atom stereocenters. The predicted octanol–water partition coefficient (Wildman–Crippen LogP) is 2.25. The SMILES string of the molecule is CC(C)(C)N[C@@]1(C(N)=O)C[C@]1(C)Cc1ccccc1. The molecule has 1 aliphatic carbocycles. The fourth-order valence-electron chi connectivity index (χ4n) is 3.08. The third kappa shape index (κ3) is 2.66. The third-order valence-corrected chi connectivity index (χ3v) is 4.01. The maximum Gasteiger partial charge on any atom is 0.238 e. The Hall–Kier alpha value is -1.35. The Morgan fingerprint density at radius 1 is 1.32 bits per heavy atom. The lowest BCUT2D eigenvalue weighted by Crippen LogP contribution is -2.55. The average molecular weight is 260 g/mol. The lowest BCUT2D eigenvalue weighted by Gasteiger charge is -2.30. The van der Waals surface area contributed by atoms with Crippen LogP contribution in [-0.4, -0.2) is 17.0 Å². The van der Waals surface area contributed by atoms with Crippen LogP contribution in [0.2, 0.25) is 0 Å². The van der Waals surface area contributed by atoms with Gasteiger partial charge in [0, 0.05) is 11.0 Å². The van der Waals surface area contributed by atoms with Gasteiger partial charge in [-0.2, -0.15) is 0 Å². The van der Waals surface area contributed by atoms with Crippen molar-refractivity contribution in [1.82, 2.24) is 5.32 Å². The maximum atomic E-state index is 11.9. The van der Waals surface area contributed by atoms with Crippen molar-refractivity contribution in [2.24, 2.45) is 11.1 Å². The molecule has 104 valence electrons. The van der Waals surface area contributed by atoms with E-state index in [1.807, 2.05) is 18.2 Å². The van der Waals surface area contributed by atoms with Gasteiger partial charge in [-0.3, -0.25) is 10.1 Å². The smallest absolute Gasteiger partial charge is 0.238 e. The van der Waals surface area contributed by atoms with Crippen molar-refractivity contribution in [2.75, 3.05) is 0 Å². The summed E-state index contributed by atoms with van der Waals surface area (Å²) in [6.45, 7) is 8.35. The van der Waals surface area contributed by atoms with Crippen LogP contribution in [0.15, 0.2) is 30.3 Å². The van der Waals surface area contributed by atoms with E-state index in [1.165, 1.54) is 5.56 Å². The molecule has 1 aromatic rings. The number of benzene rings is 1. The fourth-order valence-corrected chi connectivity index (χ4v) is 3.08. The van der Waals surface area contributed by atoms with Crippen molar-refractivity contribution in [2.45, 2.75) is 51.6 Å². The summed E-state index contributed by atoms with van der Waals surface area (Å²) >= 11 is 0. The van der Waals surface area contributed by atoms with Crippen molar-refractivity contribution in [3.8, 4) is 0 Å². The number of nitrogens with one attached hydrogen (secondary N) is 1. The highest BCUT2D eigenvalue weighted by Crippen LogP contribution is 2.58. The van der Waals surface area contributed by atoms with Crippen molar-refractivity contribution in [3.63, 3.8) is 0 Å². The molecule has 1 fully saturated rings. The fraction of sp³-hybridized carbons (Fsp3) is 0.562. The minimum absolute atomic E-state index is 0.0898. The molecule has 3 N–H and O–H groups in total. The van der Waals surface area contributed by atoms with Crippen LogP contribution in [0, 0.1) is 5.41 Å². The van der Waals surface area contributed by atoms with Crippen LogP contribution in [0.5, 0.6) is 0 Å². The van der Waals surface area contributed by atoms with E-state index in [0.717, 1.165) is 12.8 Å². The molecular formula is C16H24N2O. The first kappa shape index (κ1) is 14.1. The molecule has 1 aliphatic rings. The number of carbonyl (C=O) groups is 1. The zero-order valence-electron chi connectivity index (χ0n) is 12.3. The first-order valence-corrected chi connectivity index (χ1v) is 6.82. The molecule has 1 aromatic carbocycles. The quantitative estimate of drug-likeness (QED) is 0.872. The molecule has 2 rings (SSSR count). The molecule has 0 aliphatic heterocycles. The Kier molecular flexibility index (Phi) is 3.21. The highest BCUT2D eigenvalue weighted by molar-refractivity contribution is 5.90. The second kappa shape index (κ2) is 4.34. The molecule has 1 saturated carbocycles. The van der Waals surface area contributed by atoms with Crippen LogP contribution in [0.1, 0.15) is 39.7 Å². The van der Waals surface area contributed by atoms with Gasteiger partial charge in [-0.05, 0) is 39.2 Å². The third-order valence-electron chi connectivity index (χ3n) is 4.01. The maximum absolute atomic E-state index is 11.9. The molecule has 0 radical (unpaired) electrons. The van der Waals surface area contributed by atoms with Crippen LogP contribution < -0.4 is 11.1 Å². The molecule has 0 saturated heterocycles. The van der Waals surface area contributed by atoms with Gasteiger partial charge in [0.05, 0.1) is 0 Å². The summed E-state index contributed by atoms with van der Waals surface area (Å²) in [5.41, 5.74) is 6.14. The summed E-state index contributed by atoms with van der Waals surface area (Å²) in [4.78, 5) is 11.9. The summed E-state index contributed by atoms with van der Waals surface area (Å²) < 4.78 is 0. The standard InChI is InChI=1S/C16H24N2O/c1-14(2,3)18-16(13(17)19)11-15(16,4)10-12-8-6-5-7-9-12/h5-9,18H,10-11H2,1-4H3,(H2,17,19)/t15-,16+/m0/s1. The van der Waals surface area contributed by atoms with Crippen LogP contribution in [0.3, 0.4) is 0 Å². The minimum Gasteiger partial charge on any atom is -0.368 e. The first-order valence-electron chi connectivity index (χ1n) is 6.82. The van der Waals surface area contributed by atoms with Gasteiger partial charge in [0.25, 0.3) is 0 Å². The number of rotatable bonds is 4. The molecule has 0 heterocycles. The second-order valence-corrected chi connectivity index (χ2v) is 7.04. The predicted molar refractivity (Wildman–Crippen MR) is 77.7 cm³/mol. The van der Waals surface area contributed by atoms with E-state index in [0.29, 0.717) is 0 Å². The Morgan fingerprint density at radius 3 is 2.37 bits per heavy atom. The molecule has 0 spiro atoms. The lowest BCUT2D eigenvalue weighted by molar-refractivity contribution is -0.122. The van der Waals surface area contributed by atoms with Crippen LogP contribution >= 0.6 is 0 Å². The first-order chi connectivity index (χ1) is 8.69. The number of carbonyl (C=O) groups excluding carboxylic acids is 1. The van der Waals surface area contributed by atoms with Gasteiger partial charge in [0.15, 0.2) is 0 Å². The average Bonchev–Trinajstić information content (AvgIpc) is 2.83. The zero-order valence-corrected chi connectivity index (χ0v) is 12.3. The number of primary amides is 1. The van der Waals surface area contributed by atoms with E-state index in [-0.39, 0.29) is 16.9 Å². The molecule has 3 heteroatoms. The number of hydrogen-bond donors (Lipinski definition) is 2. The highest BCUT2D eigenvalue weighted by Gasteiger charge is 2.68. The van der Waals surface area contributed by atoms with E-state index in [4.69, 9.17) is 5.73 Å². The lowest BCUT2D eigenvalue weighted by atomic mass is 9.91. The van der Waals surface area contributed by atoms with E-state index in [2.05, 4.69) is 45.1 Å². The molecule has 1 amide bonds. The molecule has 0 unspecified atom stereocenters. The van der Waals surface area contributed by atoms with Gasteiger partial charge in [-0.1, -0.05) is 37.3 Å². The Bertz CT molecular complexity index is 477. The Balaban J connectivity index is 2.19. The summed E-state index contributed by atoms with van der Waals surface area (Å²) in [5, 5.41) is 3.44. The molecule has 0 bridgehead atoms. The Morgan fingerprint density at radius 2 is 1.89 bits per heavy atom. The van der Waals surface area contributed by atoms with Gasteiger partial charge in [-0.15, -0.1) is 0 Å². The zero-order chi connectivity index (χ0) is 14.3. The Labute approximate surface area is 115 Å². The summed E-state index contributed by atoms with van der Waals surface area (Å²) in [6.07, 6.45) is 1.68. The van der Waals surface area contributed by atoms with Gasteiger partial charge >= 0.3 is 0 Å². The van der Waals surface area contributed by atoms with Crippen molar-refractivity contribution < 1.29 is 4.79 Å². The number of nitrogens with two attached hydrogens (primary N) is 1. The number of hydrogen-bond acceptors (Lipinski definition) is 2. The molecule has 19 heavy (non-hydrogen) atoms. The molecular weight excluding hydrogens is 236 g/mol. The monoisotopic (exact) mass is 260 g/mol. The summed E-state index contributed by atoms with van der Waals surface area (Å²) in [6, 6.07) is 10.3. The largest absolute Gasteiger partial charge is 0.368 e. The summed E-state index contributed by atoms with van der Waals surface area (Å²) in [7, 11) is 0. The van der Waals surface area contributed by atoms with Crippen molar-refractivity contribution in [3.05, 3.63) is 35.9 Å². The van der Waals surface area contributed by atoms with Crippen molar-refractivity contribution >= 4 is 5.91 Å². The minimum atomic E-state index is -0.568. The molecule has 3 nitrogen and oxygen atoms in total. The van der Waals surface area contributed by atoms with Gasteiger partial charge < -0.3 is 5.73 Å². The molecule has 0 aromatic heterocycles. The highest BCUT2D eigenvalue weighted by atomic mass is 16.1. The van der Waals surface area contributed by atoms with E-state index in [9.17, 15) is 4.79 Å². The van der Waals surface area contributed by atoms with E-state index >= 15 is 0 Å². The summed E-state index contributed by atoms with van der Waals surface area (Å²) in [5.74, 6) is -0.235. The number of amides is 1. The normalized spacial score (nSPS) is 30.1. The second-order valence-electron chi connectivity index (χ2n) is 7.04. The van der Waals surface area contributed by atoms with Crippen LogP contribution in [0.25, 0.3) is 0 Å². The van der Waals surface area contributed by atoms with Crippen LogP contribution in [0.4, 0.5) is 0 Å². The topological polar surface area (TPSA) is 55.1 Å². The van der Waals surface area contributed by atoms with Gasteiger partial charge in [0.2, 0.25) is 5.91 Å². The van der Waals surface area contributed by atoms with Gasteiger partial charge in [-0.25, -0.2) is 0 Å². The van der Waals surface area contributed by atoms with Crippen LogP contribution in [-0.2, 0) is 11.2 Å².